The minimum Gasteiger partial charge on any atom is -0.469 e. The van der Waals surface area contributed by atoms with Gasteiger partial charge in [-0.15, -0.1) is 0 Å². The summed E-state index contributed by atoms with van der Waals surface area (Å²) in [5.41, 5.74) is 10.2. The van der Waals surface area contributed by atoms with Gasteiger partial charge in [-0.2, -0.15) is 5.10 Å². The molecule has 2 aromatic carbocycles. The third-order valence-corrected chi connectivity index (χ3v) is 5.05. The summed E-state index contributed by atoms with van der Waals surface area (Å²) in [5, 5.41) is 7.36. The highest BCUT2D eigenvalue weighted by atomic mass is 16.5. The predicted octanol–water partition coefficient (Wildman–Crippen LogP) is 2.95. The number of rotatable bonds is 7. The number of methoxy groups -OCH3 is 1. The van der Waals surface area contributed by atoms with Gasteiger partial charge in [0, 0.05) is 28.9 Å². The lowest BCUT2D eigenvalue weighted by Gasteiger charge is -2.08. The summed E-state index contributed by atoms with van der Waals surface area (Å²) in [4.78, 5) is 35.1. The lowest BCUT2D eigenvalue weighted by molar-refractivity contribution is -0.140. The Labute approximate surface area is 180 Å². The molecule has 0 bridgehead atoms. The van der Waals surface area contributed by atoms with Crippen LogP contribution < -0.4 is 11.1 Å². The molecule has 31 heavy (non-hydrogen) atoms. The normalized spacial score (nSPS) is 10.5. The topological polar surface area (TPSA) is 116 Å². The number of ether oxygens (including phenoxy) is 1. The van der Waals surface area contributed by atoms with Gasteiger partial charge in [-0.1, -0.05) is 0 Å². The average Bonchev–Trinajstić information content (AvgIpc) is 3.05. The van der Waals surface area contributed by atoms with Crippen molar-refractivity contribution in [3.8, 4) is 5.69 Å². The minimum atomic E-state index is -0.522. The van der Waals surface area contributed by atoms with Crippen molar-refractivity contribution in [2.45, 2.75) is 26.7 Å². The number of hydrogen-bond donors (Lipinski definition) is 2. The molecular weight excluding hydrogens is 396 g/mol. The summed E-state index contributed by atoms with van der Waals surface area (Å²) in [6, 6.07) is 13.4. The Morgan fingerprint density at radius 3 is 2.19 bits per heavy atom. The molecule has 0 aliphatic rings. The maximum atomic E-state index is 12.5. The second kappa shape index (κ2) is 9.25. The van der Waals surface area contributed by atoms with Crippen LogP contribution in [0.1, 0.15) is 44.1 Å². The zero-order chi connectivity index (χ0) is 22.5. The quantitative estimate of drug-likeness (QED) is 0.570. The van der Waals surface area contributed by atoms with Crippen molar-refractivity contribution in [2.24, 2.45) is 5.73 Å². The van der Waals surface area contributed by atoms with E-state index >= 15 is 0 Å². The standard InChI is InChI=1S/C23H24N4O4/c1-14-20(12-13-21(28)31-3)15(2)27(26-14)19-10-6-17(7-11-19)23(30)25-18-8-4-16(5-9-18)22(24)29/h4-11H,12-13H2,1-3H3,(H2,24,29)(H,25,30). The van der Waals surface area contributed by atoms with Crippen molar-refractivity contribution in [1.82, 2.24) is 9.78 Å². The van der Waals surface area contributed by atoms with E-state index in [0.717, 1.165) is 22.6 Å². The van der Waals surface area contributed by atoms with Gasteiger partial charge in [-0.05, 0) is 74.4 Å². The highest BCUT2D eigenvalue weighted by molar-refractivity contribution is 6.04. The first-order valence-corrected chi connectivity index (χ1v) is 9.73. The second-order valence-corrected chi connectivity index (χ2v) is 7.08. The van der Waals surface area contributed by atoms with Crippen molar-refractivity contribution in [3.05, 3.63) is 76.6 Å². The largest absolute Gasteiger partial charge is 0.469 e. The number of nitrogens with zero attached hydrogens (tertiary/aromatic N) is 2. The first-order valence-electron chi connectivity index (χ1n) is 9.73. The number of aryl methyl sites for hydroxylation is 1. The SMILES string of the molecule is COC(=O)CCc1c(C)nn(-c2ccc(C(=O)Nc3ccc(C(N)=O)cc3)cc2)c1C. The molecule has 0 saturated carbocycles. The van der Waals surface area contributed by atoms with Crippen LogP contribution >= 0.6 is 0 Å². The number of carbonyl (C=O) groups excluding carboxylic acids is 3. The van der Waals surface area contributed by atoms with E-state index in [-0.39, 0.29) is 11.9 Å². The molecule has 3 aromatic rings. The zero-order valence-electron chi connectivity index (χ0n) is 17.6. The number of hydrogen-bond acceptors (Lipinski definition) is 5. The molecule has 8 nitrogen and oxygen atoms in total. The summed E-state index contributed by atoms with van der Waals surface area (Å²) in [7, 11) is 1.37. The Bertz CT molecular complexity index is 1120. The molecule has 0 aliphatic carbocycles. The molecule has 1 heterocycles. The second-order valence-electron chi connectivity index (χ2n) is 7.08. The number of anilines is 1. The maximum Gasteiger partial charge on any atom is 0.305 e. The number of nitrogens with two attached hydrogens (primary N) is 1. The Morgan fingerprint density at radius 1 is 1.00 bits per heavy atom. The molecule has 3 rings (SSSR count). The van der Waals surface area contributed by atoms with Crippen molar-refractivity contribution in [1.29, 1.82) is 0 Å². The van der Waals surface area contributed by atoms with Crippen molar-refractivity contribution >= 4 is 23.5 Å². The minimum absolute atomic E-state index is 0.258. The molecule has 8 heteroatoms. The number of primary amides is 1. The molecular formula is C23H24N4O4. The van der Waals surface area contributed by atoms with Crippen LogP contribution in [0.15, 0.2) is 48.5 Å². The molecule has 3 N–H and O–H groups in total. The van der Waals surface area contributed by atoms with Gasteiger partial charge in [-0.3, -0.25) is 14.4 Å². The van der Waals surface area contributed by atoms with Crippen LogP contribution in [0.25, 0.3) is 5.69 Å². The molecule has 160 valence electrons. The van der Waals surface area contributed by atoms with Gasteiger partial charge in [0.1, 0.15) is 0 Å². The van der Waals surface area contributed by atoms with Crippen LogP contribution in [-0.2, 0) is 16.0 Å². The van der Waals surface area contributed by atoms with Gasteiger partial charge in [0.05, 0.1) is 18.5 Å². The van der Waals surface area contributed by atoms with Gasteiger partial charge < -0.3 is 15.8 Å². The van der Waals surface area contributed by atoms with Gasteiger partial charge in [0.2, 0.25) is 5.91 Å². The Kier molecular flexibility index (Phi) is 6.49. The molecule has 0 unspecified atom stereocenters. The van der Waals surface area contributed by atoms with Crippen molar-refractivity contribution in [2.75, 3.05) is 12.4 Å². The summed E-state index contributed by atoms with van der Waals surface area (Å²) in [6.45, 7) is 3.85. The molecule has 1 aromatic heterocycles. The highest BCUT2D eigenvalue weighted by Crippen LogP contribution is 2.20. The monoisotopic (exact) mass is 420 g/mol. The Morgan fingerprint density at radius 2 is 1.61 bits per heavy atom. The van der Waals surface area contributed by atoms with E-state index in [4.69, 9.17) is 10.5 Å². The van der Waals surface area contributed by atoms with Crippen LogP contribution in [0.3, 0.4) is 0 Å². The average molecular weight is 420 g/mol. The van der Waals surface area contributed by atoms with Gasteiger partial charge in [0.25, 0.3) is 5.91 Å². The molecule has 0 fully saturated rings. The maximum absolute atomic E-state index is 12.5. The zero-order valence-corrected chi connectivity index (χ0v) is 17.6. The molecule has 0 saturated heterocycles. The Balaban J connectivity index is 1.73. The number of nitrogens with one attached hydrogen (secondary N) is 1. The third kappa shape index (κ3) is 4.98. The third-order valence-electron chi connectivity index (χ3n) is 5.05. The lowest BCUT2D eigenvalue weighted by atomic mass is 10.1. The van der Waals surface area contributed by atoms with Crippen LogP contribution in [0.2, 0.25) is 0 Å². The highest BCUT2D eigenvalue weighted by Gasteiger charge is 2.15. The summed E-state index contributed by atoms with van der Waals surface area (Å²) < 4.78 is 6.51. The number of aromatic nitrogens is 2. The lowest BCUT2D eigenvalue weighted by Crippen LogP contribution is -2.13. The van der Waals surface area contributed by atoms with E-state index in [0.29, 0.717) is 29.7 Å². The molecule has 0 aliphatic heterocycles. The van der Waals surface area contributed by atoms with Crippen molar-refractivity contribution < 1.29 is 19.1 Å². The summed E-state index contributed by atoms with van der Waals surface area (Å²) in [5.74, 6) is -1.05. The first kappa shape index (κ1) is 21.8. The predicted molar refractivity (Wildman–Crippen MR) is 116 cm³/mol. The molecule has 2 amide bonds. The number of carbonyl (C=O) groups is 3. The molecule has 0 radical (unpaired) electrons. The summed E-state index contributed by atoms with van der Waals surface area (Å²) >= 11 is 0. The molecule has 0 spiro atoms. The fraction of sp³-hybridized carbons (Fsp3) is 0.217. The van der Waals surface area contributed by atoms with Crippen LogP contribution in [0, 0.1) is 13.8 Å². The van der Waals surface area contributed by atoms with E-state index < -0.39 is 5.91 Å². The molecule has 0 atom stereocenters. The number of benzene rings is 2. The fourth-order valence-corrected chi connectivity index (χ4v) is 3.29. The van der Waals surface area contributed by atoms with Crippen LogP contribution in [0.4, 0.5) is 5.69 Å². The first-order chi connectivity index (χ1) is 14.8. The number of amides is 2. The smallest absolute Gasteiger partial charge is 0.305 e. The van der Waals surface area contributed by atoms with Gasteiger partial charge >= 0.3 is 5.97 Å². The van der Waals surface area contributed by atoms with Gasteiger partial charge in [0.15, 0.2) is 0 Å². The van der Waals surface area contributed by atoms with E-state index in [1.54, 1.807) is 41.1 Å². The van der Waals surface area contributed by atoms with E-state index in [1.165, 1.54) is 7.11 Å². The fourth-order valence-electron chi connectivity index (χ4n) is 3.29. The van der Waals surface area contributed by atoms with Crippen molar-refractivity contribution in [3.63, 3.8) is 0 Å². The summed E-state index contributed by atoms with van der Waals surface area (Å²) in [6.07, 6.45) is 0.850. The van der Waals surface area contributed by atoms with Crippen LogP contribution in [0.5, 0.6) is 0 Å². The van der Waals surface area contributed by atoms with Gasteiger partial charge in [-0.25, -0.2) is 4.68 Å². The van der Waals surface area contributed by atoms with E-state index in [2.05, 4.69) is 10.4 Å². The van der Waals surface area contributed by atoms with E-state index in [1.807, 2.05) is 26.0 Å². The van der Waals surface area contributed by atoms with Crippen LogP contribution in [-0.4, -0.2) is 34.7 Å². The van der Waals surface area contributed by atoms with E-state index in [9.17, 15) is 14.4 Å². The Hall–Kier alpha value is -3.94. The number of esters is 1.